The largest absolute Gasteiger partial charge is 0.300 e. The van der Waals surface area contributed by atoms with Crippen molar-refractivity contribution in [3.05, 3.63) is 57.0 Å². The molecule has 2 aromatic rings. The van der Waals surface area contributed by atoms with Crippen LogP contribution in [-0.4, -0.2) is 20.1 Å². The molecular weight excluding hydrogens is 486 g/mol. The summed E-state index contributed by atoms with van der Waals surface area (Å²) in [5, 5.41) is 0. The van der Waals surface area contributed by atoms with Gasteiger partial charge in [0.15, 0.2) is 0 Å². The number of sulfonamides is 1. The molecule has 1 aliphatic carbocycles. The number of carbonyl (C=O) groups is 2. The lowest BCUT2D eigenvalue weighted by Gasteiger charge is -2.22. The molecule has 0 bridgehead atoms. The predicted molar refractivity (Wildman–Crippen MR) is 103 cm³/mol. The molecule has 8 heteroatoms. The number of fused-ring (bicyclic) bond motifs is 2. The summed E-state index contributed by atoms with van der Waals surface area (Å²) in [6.45, 7) is 0. The van der Waals surface area contributed by atoms with E-state index in [2.05, 4.69) is 31.9 Å². The Morgan fingerprint density at radius 1 is 0.962 bits per heavy atom. The maximum atomic E-state index is 13.3. The number of nitrogens with zero attached hydrogens (tertiary/aromatic N) is 1. The summed E-state index contributed by atoms with van der Waals surface area (Å²) < 4.78 is 28.8. The van der Waals surface area contributed by atoms with Crippen molar-refractivity contribution in [1.82, 2.24) is 0 Å². The molecule has 26 heavy (non-hydrogen) atoms. The Bertz CT molecular complexity index is 1050. The summed E-state index contributed by atoms with van der Waals surface area (Å²) in [5.74, 6) is -0.563. The van der Waals surface area contributed by atoms with E-state index in [1.165, 1.54) is 12.1 Å². The van der Waals surface area contributed by atoms with Gasteiger partial charge in [0.05, 0.1) is 16.0 Å². The monoisotopic (exact) mass is 497 g/mol. The van der Waals surface area contributed by atoms with E-state index in [0.717, 1.165) is 13.3 Å². The Hall–Kier alpha value is -1.51. The Kier molecular flexibility index (Phi) is 4.13. The number of Topliss-reactive ketones (excluding diaryl/α,β-unsaturated/α-hetero) is 1. The number of halogens is 2. The first-order valence-electron chi connectivity index (χ1n) is 7.93. The molecule has 5 nitrogen and oxygen atoms in total. The summed E-state index contributed by atoms with van der Waals surface area (Å²) in [6, 6.07) is 11.2. The van der Waals surface area contributed by atoms with E-state index < -0.39 is 21.3 Å². The van der Waals surface area contributed by atoms with Gasteiger partial charge in [0.2, 0.25) is 0 Å². The highest BCUT2D eigenvalue weighted by Crippen LogP contribution is 2.52. The number of hydrogen-bond acceptors (Lipinski definition) is 4. The molecule has 134 valence electrons. The van der Waals surface area contributed by atoms with Gasteiger partial charge in [-0.25, -0.2) is 12.7 Å². The van der Waals surface area contributed by atoms with Crippen LogP contribution in [0.5, 0.6) is 0 Å². The van der Waals surface area contributed by atoms with E-state index in [1.54, 1.807) is 30.3 Å². The molecule has 1 unspecified atom stereocenters. The van der Waals surface area contributed by atoms with Crippen LogP contribution < -0.4 is 4.31 Å². The fourth-order valence-electron chi connectivity index (χ4n) is 3.72. The number of benzene rings is 2. The van der Waals surface area contributed by atoms with Crippen molar-refractivity contribution in [2.24, 2.45) is 0 Å². The molecule has 2 aliphatic rings. The lowest BCUT2D eigenvalue weighted by molar-refractivity contribution is -0.124. The number of anilines is 1. The zero-order valence-electron chi connectivity index (χ0n) is 13.4. The van der Waals surface area contributed by atoms with E-state index in [0.29, 0.717) is 17.7 Å². The molecule has 0 radical (unpaired) electrons. The first-order valence-corrected chi connectivity index (χ1v) is 11.0. The Morgan fingerprint density at radius 2 is 1.62 bits per heavy atom. The van der Waals surface area contributed by atoms with Crippen LogP contribution >= 0.6 is 31.9 Å². The summed E-state index contributed by atoms with van der Waals surface area (Å²) in [6.07, 6.45) is 0.659. The van der Waals surface area contributed by atoms with E-state index in [9.17, 15) is 18.0 Å². The highest BCUT2D eigenvalue weighted by Gasteiger charge is 2.57. The van der Waals surface area contributed by atoms with Crippen molar-refractivity contribution in [2.75, 3.05) is 4.31 Å². The minimum absolute atomic E-state index is 0.0211. The number of amides is 1. The van der Waals surface area contributed by atoms with Gasteiger partial charge in [0.1, 0.15) is 5.78 Å². The number of rotatable bonds is 2. The van der Waals surface area contributed by atoms with Crippen LogP contribution in [0, 0.1) is 0 Å². The van der Waals surface area contributed by atoms with E-state index in [4.69, 9.17) is 0 Å². The van der Waals surface area contributed by atoms with Gasteiger partial charge in [-0.1, -0.05) is 31.9 Å². The Morgan fingerprint density at radius 3 is 2.23 bits per heavy atom. The average molecular weight is 499 g/mol. The normalized spacial score (nSPS) is 22.3. The van der Waals surface area contributed by atoms with Gasteiger partial charge >= 0.3 is 0 Å². The summed E-state index contributed by atoms with van der Waals surface area (Å²) >= 11 is 6.66. The van der Waals surface area contributed by atoms with Gasteiger partial charge < -0.3 is 0 Å². The molecule has 2 aromatic carbocycles. The first-order chi connectivity index (χ1) is 12.3. The summed E-state index contributed by atoms with van der Waals surface area (Å²) in [7, 11) is -4.08. The minimum Gasteiger partial charge on any atom is -0.300 e. The molecule has 0 N–H and O–H groups in total. The third kappa shape index (κ3) is 2.50. The van der Waals surface area contributed by atoms with Gasteiger partial charge in [-0.2, -0.15) is 0 Å². The SMILES string of the molecule is O=C1CCC2(C1)C(=O)N(S(=O)(=O)c1ccc(Br)cc1)c1ccc(Br)cc12. The first kappa shape index (κ1) is 17.9. The lowest BCUT2D eigenvalue weighted by atomic mass is 9.80. The molecule has 0 saturated heterocycles. The fourth-order valence-corrected chi connectivity index (χ4v) is 5.84. The highest BCUT2D eigenvalue weighted by atomic mass is 79.9. The van der Waals surface area contributed by atoms with Crippen molar-refractivity contribution in [1.29, 1.82) is 0 Å². The van der Waals surface area contributed by atoms with Gasteiger partial charge in [0.25, 0.3) is 15.9 Å². The van der Waals surface area contributed by atoms with Gasteiger partial charge in [-0.3, -0.25) is 9.59 Å². The zero-order valence-corrected chi connectivity index (χ0v) is 17.4. The second-order valence-electron chi connectivity index (χ2n) is 6.49. The van der Waals surface area contributed by atoms with Crippen LogP contribution in [0.4, 0.5) is 5.69 Å². The topological polar surface area (TPSA) is 71.5 Å². The van der Waals surface area contributed by atoms with Crippen LogP contribution in [0.2, 0.25) is 0 Å². The molecule has 4 rings (SSSR count). The molecule has 1 saturated carbocycles. The molecule has 1 heterocycles. The second-order valence-corrected chi connectivity index (χ2v) is 10.1. The van der Waals surface area contributed by atoms with Crippen LogP contribution in [0.3, 0.4) is 0 Å². The van der Waals surface area contributed by atoms with Crippen LogP contribution in [0.15, 0.2) is 56.3 Å². The fraction of sp³-hybridized carbons (Fsp3) is 0.222. The van der Waals surface area contributed by atoms with Gasteiger partial charge in [-0.05, 0) is 54.4 Å². The van der Waals surface area contributed by atoms with Crippen LogP contribution in [0.1, 0.15) is 24.8 Å². The molecule has 1 aliphatic heterocycles. The summed E-state index contributed by atoms with van der Waals surface area (Å²) in [5.41, 5.74) is -0.155. The molecule has 1 spiro atoms. The number of ketones is 1. The number of hydrogen-bond donors (Lipinski definition) is 0. The smallest absolute Gasteiger partial charge is 0.270 e. The standard InChI is InChI=1S/C18H13Br2NO4S/c19-11-1-4-14(5-2-11)26(24,25)21-16-6-3-12(20)9-15(16)18(17(21)23)8-7-13(22)10-18/h1-6,9H,7-8,10H2. The van der Waals surface area contributed by atoms with E-state index >= 15 is 0 Å². The van der Waals surface area contributed by atoms with E-state index in [-0.39, 0.29) is 23.5 Å². The van der Waals surface area contributed by atoms with Crippen molar-refractivity contribution in [3.63, 3.8) is 0 Å². The third-order valence-corrected chi connectivity index (χ3v) is 7.70. The zero-order chi connectivity index (χ0) is 18.7. The maximum Gasteiger partial charge on any atom is 0.270 e. The summed E-state index contributed by atoms with van der Waals surface area (Å²) in [4.78, 5) is 25.3. The maximum absolute atomic E-state index is 13.3. The van der Waals surface area contributed by atoms with Crippen LogP contribution in [0.25, 0.3) is 0 Å². The van der Waals surface area contributed by atoms with Crippen molar-refractivity contribution in [3.8, 4) is 0 Å². The molecular formula is C18H13Br2NO4S. The number of carbonyl (C=O) groups excluding carboxylic acids is 2. The van der Waals surface area contributed by atoms with Crippen molar-refractivity contribution >= 4 is 59.3 Å². The molecule has 1 fully saturated rings. The predicted octanol–water partition coefficient (Wildman–Crippen LogP) is 3.94. The minimum atomic E-state index is -4.08. The van der Waals surface area contributed by atoms with Crippen molar-refractivity contribution in [2.45, 2.75) is 29.6 Å². The molecule has 0 aromatic heterocycles. The third-order valence-electron chi connectivity index (χ3n) is 4.97. The van der Waals surface area contributed by atoms with Gasteiger partial charge in [-0.15, -0.1) is 0 Å². The second kappa shape index (κ2) is 6.00. The Balaban J connectivity index is 1.92. The average Bonchev–Trinajstić information content (AvgIpc) is 3.09. The molecule has 1 amide bonds. The van der Waals surface area contributed by atoms with Crippen LogP contribution in [-0.2, 0) is 25.0 Å². The lowest BCUT2D eigenvalue weighted by Crippen LogP contribution is -2.42. The Labute approximate surface area is 167 Å². The van der Waals surface area contributed by atoms with Gasteiger partial charge in [0, 0.05) is 21.8 Å². The molecule has 1 atom stereocenters. The van der Waals surface area contributed by atoms with E-state index in [1.807, 2.05) is 0 Å². The van der Waals surface area contributed by atoms with Crippen molar-refractivity contribution < 1.29 is 18.0 Å². The quantitative estimate of drug-likeness (QED) is 0.628. The highest BCUT2D eigenvalue weighted by molar-refractivity contribution is 9.10.